The van der Waals surface area contributed by atoms with Crippen molar-refractivity contribution in [2.45, 2.75) is 18.6 Å². The minimum Gasteiger partial charge on any atom is -0.308 e. The van der Waals surface area contributed by atoms with Crippen LogP contribution in [0.1, 0.15) is 13.3 Å². The average Bonchev–Trinajstić information content (AvgIpc) is 2.57. The topological polar surface area (TPSA) is 37.4 Å². The molecule has 0 radical (unpaired) electrons. The maximum atomic E-state index is 12.0. The second-order valence-electron chi connectivity index (χ2n) is 4.16. The van der Waals surface area contributed by atoms with E-state index in [0.29, 0.717) is 33.7 Å². The highest BCUT2D eigenvalue weighted by atomic mass is 35.5. The van der Waals surface area contributed by atoms with Crippen LogP contribution in [0.5, 0.6) is 0 Å². The Balaban J connectivity index is 2.28. The fourth-order valence-electron chi connectivity index (χ4n) is 2.00. The number of thioether (sulfide) groups is 1. The summed E-state index contributed by atoms with van der Waals surface area (Å²) < 4.78 is 0. The summed E-state index contributed by atoms with van der Waals surface area (Å²) in [6.07, 6.45) is 0.305. The Kier molecular flexibility index (Phi) is 4.66. The summed E-state index contributed by atoms with van der Waals surface area (Å²) in [5.41, 5.74) is 0.462. The van der Waals surface area contributed by atoms with Crippen molar-refractivity contribution in [3.8, 4) is 0 Å². The lowest BCUT2D eigenvalue weighted by Crippen LogP contribution is -2.25. The number of hydrogen-bond acceptors (Lipinski definition) is 3. The van der Waals surface area contributed by atoms with E-state index in [4.69, 9.17) is 34.8 Å². The molecule has 0 bridgehead atoms. The summed E-state index contributed by atoms with van der Waals surface area (Å²) in [6.45, 7) is 1.91. The summed E-state index contributed by atoms with van der Waals surface area (Å²) in [5.74, 6) is -0.0927. The van der Waals surface area contributed by atoms with E-state index in [2.05, 4.69) is 0 Å². The molecule has 1 fully saturated rings. The Hall–Kier alpha value is -0.420. The third-order valence-corrected chi connectivity index (χ3v) is 4.45. The summed E-state index contributed by atoms with van der Waals surface area (Å²) in [4.78, 5) is 24.6. The van der Waals surface area contributed by atoms with Gasteiger partial charge in [0.15, 0.2) is 5.12 Å². The van der Waals surface area contributed by atoms with Gasteiger partial charge >= 0.3 is 0 Å². The molecule has 7 heteroatoms. The van der Waals surface area contributed by atoms with E-state index in [1.165, 1.54) is 23.6 Å². The van der Waals surface area contributed by atoms with Crippen LogP contribution in [0.3, 0.4) is 0 Å². The number of anilines is 1. The number of benzene rings is 1. The van der Waals surface area contributed by atoms with Gasteiger partial charge in [0.05, 0.1) is 15.7 Å². The van der Waals surface area contributed by atoms with Gasteiger partial charge in [0.25, 0.3) is 0 Å². The molecule has 1 heterocycles. The van der Waals surface area contributed by atoms with Crippen molar-refractivity contribution in [2.24, 2.45) is 0 Å². The molecule has 0 saturated carbocycles. The number of hydrogen-bond donors (Lipinski definition) is 0. The van der Waals surface area contributed by atoms with Gasteiger partial charge in [-0.05, 0) is 12.1 Å². The number of halogens is 3. The zero-order chi connectivity index (χ0) is 14.2. The molecular weight excluding hydrogens is 329 g/mol. The Morgan fingerprint density at radius 1 is 1.32 bits per heavy atom. The first kappa shape index (κ1) is 15.0. The first-order chi connectivity index (χ1) is 8.88. The van der Waals surface area contributed by atoms with Gasteiger partial charge in [0, 0.05) is 30.2 Å². The minimum atomic E-state index is -0.0927. The van der Waals surface area contributed by atoms with E-state index in [1.807, 2.05) is 0 Å². The number of nitrogens with zero attached hydrogens (tertiary/aromatic N) is 1. The maximum absolute atomic E-state index is 12.0. The first-order valence-electron chi connectivity index (χ1n) is 5.50. The Labute approximate surface area is 130 Å². The molecule has 19 heavy (non-hydrogen) atoms. The number of carbonyl (C=O) groups excluding carboxylic acids is 2. The van der Waals surface area contributed by atoms with Crippen LogP contribution in [0.15, 0.2) is 12.1 Å². The van der Waals surface area contributed by atoms with E-state index < -0.39 is 0 Å². The Morgan fingerprint density at radius 2 is 1.89 bits per heavy atom. The first-order valence-corrected chi connectivity index (χ1v) is 7.52. The van der Waals surface area contributed by atoms with Gasteiger partial charge in [0.1, 0.15) is 0 Å². The fourth-order valence-corrected chi connectivity index (χ4v) is 3.94. The molecule has 1 amide bonds. The van der Waals surface area contributed by atoms with E-state index in [1.54, 1.807) is 12.1 Å². The predicted octanol–water partition coefficient (Wildman–Crippen LogP) is 4.03. The summed E-state index contributed by atoms with van der Waals surface area (Å²) >= 11 is 19.2. The second-order valence-corrected chi connectivity index (χ2v) is 6.89. The molecule has 3 nitrogen and oxygen atoms in total. The lowest BCUT2D eigenvalue weighted by molar-refractivity contribution is -0.117. The third-order valence-electron chi connectivity index (χ3n) is 2.67. The molecule has 1 unspecified atom stereocenters. The number of carbonyl (C=O) groups is 2. The highest BCUT2D eigenvalue weighted by Crippen LogP contribution is 2.39. The Morgan fingerprint density at radius 3 is 2.42 bits per heavy atom. The largest absolute Gasteiger partial charge is 0.308 e. The quantitative estimate of drug-likeness (QED) is 0.817. The van der Waals surface area contributed by atoms with Crippen LogP contribution in [0.2, 0.25) is 15.1 Å². The molecule has 1 aliphatic rings. The van der Waals surface area contributed by atoms with Crippen LogP contribution in [-0.2, 0) is 9.59 Å². The third kappa shape index (κ3) is 3.37. The molecule has 1 aliphatic heterocycles. The molecule has 0 aliphatic carbocycles. The summed E-state index contributed by atoms with van der Waals surface area (Å²) in [7, 11) is 0. The molecule has 2 rings (SSSR count). The van der Waals surface area contributed by atoms with Crippen LogP contribution in [0.25, 0.3) is 0 Å². The van der Waals surface area contributed by atoms with E-state index in [-0.39, 0.29) is 16.3 Å². The van der Waals surface area contributed by atoms with Gasteiger partial charge in [-0.2, -0.15) is 0 Å². The van der Waals surface area contributed by atoms with Crippen LogP contribution in [0, 0.1) is 0 Å². The zero-order valence-electron chi connectivity index (χ0n) is 9.95. The standard InChI is InChI=1S/C12H10Cl3NO2S/c1-6(17)19-8-4-11(18)16(5-8)12-9(14)2-7(13)3-10(12)15/h2-3,8H,4-5H2,1H3. The summed E-state index contributed by atoms with van der Waals surface area (Å²) in [5, 5.41) is 1.01. The highest BCUT2D eigenvalue weighted by molar-refractivity contribution is 8.14. The smallest absolute Gasteiger partial charge is 0.228 e. The number of rotatable bonds is 2. The van der Waals surface area contributed by atoms with Crippen LogP contribution < -0.4 is 4.90 Å². The van der Waals surface area contributed by atoms with Crippen LogP contribution in [-0.4, -0.2) is 22.8 Å². The van der Waals surface area contributed by atoms with Crippen molar-refractivity contribution < 1.29 is 9.59 Å². The lowest BCUT2D eigenvalue weighted by Gasteiger charge is -2.19. The SMILES string of the molecule is CC(=O)SC1CC(=O)N(c2c(Cl)cc(Cl)cc2Cl)C1. The van der Waals surface area contributed by atoms with Crippen molar-refractivity contribution in [1.29, 1.82) is 0 Å². The molecule has 0 N–H and O–H groups in total. The van der Waals surface area contributed by atoms with Crippen molar-refractivity contribution in [3.05, 3.63) is 27.2 Å². The highest BCUT2D eigenvalue weighted by Gasteiger charge is 2.34. The molecule has 0 spiro atoms. The van der Waals surface area contributed by atoms with Gasteiger partial charge in [-0.3, -0.25) is 9.59 Å². The fraction of sp³-hybridized carbons (Fsp3) is 0.333. The minimum absolute atomic E-state index is 0.00653. The van der Waals surface area contributed by atoms with E-state index >= 15 is 0 Å². The van der Waals surface area contributed by atoms with Crippen molar-refractivity contribution >= 4 is 63.3 Å². The molecular formula is C12H10Cl3NO2S. The summed E-state index contributed by atoms with van der Waals surface area (Å²) in [6, 6.07) is 3.09. The molecule has 1 atom stereocenters. The monoisotopic (exact) mass is 337 g/mol. The van der Waals surface area contributed by atoms with Crippen LogP contribution in [0.4, 0.5) is 5.69 Å². The lowest BCUT2D eigenvalue weighted by atomic mass is 10.3. The Bertz CT molecular complexity index is 527. The van der Waals surface area contributed by atoms with Gasteiger partial charge < -0.3 is 4.90 Å². The van der Waals surface area contributed by atoms with Gasteiger partial charge in [-0.15, -0.1) is 0 Å². The maximum Gasteiger partial charge on any atom is 0.228 e. The molecule has 1 saturated heterocycles. The predicted molar refractivity (Wildman–Crippen MR) is 80.5 cm³/mol. The number of amides is 1. The zero-order valence-corrected chi connectivity index (χ0v) is 13.0. The van der Waals surface area contributed by atoms with Gasteiger partial charge in [-0.25, -0.2) is 0 Å². The van der Waals surface area contributed by atoms with Gasteiger partial charge in [-0.1, -0.05) is 46.6 Å². The van der Waals surface area contributed by atoms with Crippen LogP contribution >= 0.6 is 46.6 Å². The van der Waals surface area contributed by atoms with Crippen molar-refractivity contribution in [1.82, 2.24) is 0 Å². The van der Waals surface area contributed by atoms with E-state index in [9.17, 15) is 9.59 Å². The molecule has 0 aromatic heterocycles. The van der Waals surface area contributed by atoms with Crippen molar-refractivity contribution in [2.75, 3.05) is 11.4 Å². The molecule has 102 valence electrons. The van der Waals surface area contributed by atoms with Crippen molar-refractivity contribution in [3.63, 3.8) is 0 Å². The van der Waals surface area contributed by atoms with Gasteiger partial charge in [0.2, 0.25) is 5.91 Å². The molecule has 1 aromatic rings. The van der Waals surface area contributed by atoms with E-state index in [0.717, 1.165) is 0 Å². The molecule has 1 aromatic carbocycles. The average molecular weight is 339 g/mol. The normalized spacial score (nSPS) is 19.1. The second kappa shape index (κ2) is 5.92.